The summed E-state index contributed by atoms with van der Waals surface area (Å²) in [6.07, 6.45) is 2.30. The molecule has 2 aromatic rings. The van der Waals surface area contributed by atoms with Crippen LogP contribution in [0.2, 0.25) is 0 Å². The Morgan fingerprint density at radius 3 is 2.30 bits per heavy atom. The van der Waals surface area contributed by atoms with Gasteiger partial charge in [0.15, 0.2) is 5.78 Å². The minimum absolute atomic E-state index is 0.123. The highest BCUT2D eigenvalue weighted by Crippen LogP contribution is 2.39. The van der Waals surface area contributed by atoms with Gasteiger partial charge in [-0.25, -0.2) is 13.1 Å². The van der Waals surface area contributed by atoms with Gasteiger partial charge in [0.2, 0.25) is 10.0 Å². The molecular weight excluding hydrogens is 440 g/mol. The fraction of sp³-hybridized carbons (Fsp3) is 0.250. The van der Waals surface area contributed by atoms with Gasteiger partial charge < -0.3 is 16.0 Å². The van der Waals surface area contributed by atoms with E-state index in [9.17, 15) is 18.0 Å². The summed E-state index contributed by atoms with van der Waals surface area (Å²) in [6.45, 7) is 3.03. The highest BCUT2D eigenvalue weighted by atomic mass is 32.2. The number of nitrogens with zero attached hydrogens (tertiary/aromatic N) is 1. The van der Waals surface area contributed by atoms with Crippen LogP contribution in [0, 0.1) is 0 Å². The molecule has 0 unspecified atom stereocenters. The third-order valence-electron chi connectivity index (χ3n) is 6.30. The summed E-state index contributed by atoms with van der Waals surface area (Å²) in [5, 5.41) is 2.74. The van der Waals surface area contributed by atoms with E-state index in [-0.39, 0.29) is 27.5 Å². The number of fused-ring (bicyclic) bond motifs is 2. The smallest absolute Gasteiger partial charge is 0.258 e. The van der Waals surface area contributed by atoms with Crippen LogP contribution in [-0.4, -0.2) is 51.2 Å². The van der Waals surface area contributed by atoms with Gasteiger partial charge in [-0.1, -0.05) is 36.4 Å². The molecule has 0 radical (unpaired) electrons. The molecule has 2 aliphatic heterocycles. The molecule has 1 saturated heterocycles. The van der Waals surface area contributed by atoms with Crippen LogP contribution in [0.3, 0.4) is 0 Å². The van der Waals surface area contributed by atoms with Gasteiger partial charge in [0.1, 0.15) is 0 Å². The van der Waals surface area contributed by atoms with E-state index in [2.05, 4.69) is 14.9 Å². The lowest BCUT2D eigenvalue weighted by molar-refractivity contribution is -0.115. The predicted molar refractivity (Wildman–Crippen MR) is 124 cm³/mol. The Morgan fingerprint density at radius 1 is 0.939 bits per heavy atom. The van der Waals surface area contributed by atoms with Crippen LogP contribution in [0.5, 0.6) is 0 Å². The molecule has 5 rings (SSSR count). The Balaban J connectivity index is 1.42. The molecule has 9 heteroatoms. The number of benzene rings is 2. The quantitative estimate of drug-likeness (QED) is 0.595. The Kier molecular flexibility index (Phi) is 5.40. The number of nitrogens with two attached hydrogens (primary N) is 1. The third-order valence-corrected chi connectivity index (χ3v) is 7.77. The number of sulfonamides is 1. The molecule has 0 atom stereocenters. The molecule has 0 bridgehead atoms. The summed E-state index contributed by atoms with van der Waals surface area (Å²) < 4.78 is 28.0. The Labute approximate surface area is 192 Å². The summed E-state index contributed by atoms with van der Waals surface area (Å²) in [4.78, 5) is 28.2. The molecule has 1 fully saturated rings. The van der Waals surface area contributed by atoms with E-state index in [1.807, 2.05) is 0 Å². The number of ketones is 1. The zero-order chi connectivity index (χ0) is 23.2. The number of carbonyl (C=O) groups excluding carboxylic acids is 2. The largest absolute Gasteiger partial charge is 0.398 e. The number of Topliss-reactive ketones (excluding diaryl/α,β-unsaturated/α-hetero) is 1. The van der Waals surface area contributed by atoms with E-state index in [0.29, 0.717) is 35.5 Å². The van der Waals surface area contributed by atoms with Gasteiger partial charge in [0.05, 0.1) is 27.4 Å². The predicted octanol–water partition coefficient (Wildman–Crippen LogP) is 1.47. The van der Waals surface area contributed by atoms with Crippen LogP contribution >= 0.6 is 0 Å². The minimum Gasteiger partial charge on any atom is -0.398 e. The molecule has 2 aromatic carbocycles. The standard InChI is InChI=1S/C24H24N4O4S/c25-21-17-5-1-2-6-18(17)23(29)20-19(21)24(30)27-22(20)15-7-9-16(10-8-15)33(31,32)26-11-14-28-12-3-4-13-28/h1-2,5-10,26H,3-4,11-14,25H2,(H,27,30). The van der Waals surface area contributed by atoms with Crippen molar-refractivity contribution in [2.24, 2.45) is 5.73 Å². The molecule has 1 aliphatic carbocycles. The summed E-state index contributed by atoms with van der Waals surface area (Å²) >= 11 is 0. The topological polar surface area (TPSA) is 122 Å². The molecule has 0 aromatic heterocycles. The lowest BCUT2D eigenvalue weighted by Crippen LogP contribution is -2.33. The van der Waals surface area contributed by atoms with Crippen molar-refractivity contribution in [3.8, 4) is 0 Å². The molecule has 0 spiro atoms. The first-order valence-electron chi connectivity index (χ1n) is 10.9. The lowest BCUT2D eigenvalue weighted by atomic mass is 9.84. The van der Waals surface area contributed by atoms with Crippen molar-refractivity contribution in [3.05, 3.63) is 76.4 Å². The summed E-state index contributed by atoms with van der Waals surface area (Å²) in [5.41, 5.74) is 8.72. The molecule has 4 N–H and O–H groups in total. The number of nitrogens with one attached hydrogen (secondary N) is 2. The van der Waals surface area contributed by atoms with E-state index >= 15 is 0 Å². The molecule has 3 aliphatic rings. The zero-order valence-electron chi connectivity index (χ0n) is 17.9. The highest BCUT2D eigenvalue weighted by Gasteiger charge is 2.39. The number of hydrogen-bond donors (Lipinski definition) is 3. The Bertz CT molecular complexity index is 1320. The van der Waals surface area contributed by atoms with E-state index in [1.165, 1.54) is 12.1 Å². The van der Waals surface area contributed by atoms with Gasteiger partial charge in [0.25, 0.3) is 5.91 Å². The van der Waals surface area contributed by atoms with Crippen LogP contribution < -0.4 is 15.8 Å². The molecular formula is C24H24N4O4S. The second kappa shape index (κ2) is 8.26. The maximum atomic E-state index is 13.2. The monoisotopic (exact) mass is 464 g/mol. The normalized spacial score (nSPS) is 18.5. The first-order valence-corrected chi connectivity index (χ1v) is 12.4. The number of hydrogen-bond acceptors (Lipinski definition) is 6. The van der Waals surface area contributed by atoms with Gasteiger partial charge in [0, 0.05) is 24.2 Å². The maximum absolute atomic E-state index is 13.2. The Hall–Kier alpha value is -3.27. The average Bonchev–Trinajstić information content (AvgIpc) is 3.45. The van der Waals surface area contributed by atoms with Crippen LogP contribution in [0.15, 0.2) is 64.6 Å². The summed E-state index contributed by atoms with van der Waals surface area (Å²) in [5.74, 6) is -0.732. The number of amides is 1. The van der Waals surface area contributed by atoms with Gasteiger partial charge in [-0.3, -0.25) is 9.59 Å². The van der Waals surface area contributed by atoms with Gasteiger partial charge in [-0.2, -0.15) is 0 Å². The number of rotatable bonds is 6. The van der Waals surface area contributed by atoms with Crippen molar-refractivity contribution >= 4 is 33.1 Å². The first kappa shape index (κ1) is 21.6. The maximum Gasteiger partial charge on any atom is 0.258 e. The van der Waals surface area contributed by atoms with Crippen LogP contribution in [-0.2, 0) is 14.8 Å². The van der Waals surface area contributed by atoms with Crippen molar-refractivity contribution in [2.45, 2.75) is 17.7 Å². The van der Waals surface area contributed by atoms with Crippen molar-refractivity contribution in [2.75, 3.05) is 26.2 Å². The summed E-state index contributed by atoms with van der Waals surface area (Å²) in [6, 6.07) is 13.0. The van der Waals surface area contributed by atoms with Crippen LogP contribution in [0.1, 0.15) is 34.3 Å². The van der Waals surface area contributed by atoms with Gasteiger partial charge >= 0.3 is 0 Å². The van der Waals surface area contributed by atoms with Crippen molar-refractivity contribution in [1.29, 1.82) is 0 Å². The van der Waals surface area contributed by atoms with Gasteiger partial charge in [-0.15, -0.1) is 0 Å². The van der Waals surface area contributed by atoms with E-state index in [1.54, 1.807) is 36.4 Å². The minimum atomic E-state index is -3.66. The molecule has 33 heavy (non-hydrogen) atoms. The number of likely N-dealkylation sites (tertiary alicyclic amines) is 1. The molecule has 2 heterocycles. The highest BCUT2D eigenvalue weighted by molar-refractivity contribution is 7.89. The van der Waals surface area contributed by atoms with Crippen LogP contribution in [0.4, 0.5) is 0 Å². The fourth-order valence-electron chi connectivity index (χ4n) is 4.59. The average molecular weight is 465 g/mol. The molecule has 170 valence electrons. The van der Waals surface area contributed by atoms with Crippen molar-refractivity contribution < 1.29 is 18.0 Å². The second-order valence-corrected chi connectivity index (χ2v) is 10.1. The second-order valence-electron chi connectivity index (χ2n) is 8.34. The van der Waals surface area contributed by atoms with Crippen molar-refractivity contribution in [3.63, 3.8) is 0 Å². The summed E-state index contributed by atoms with van der Waals surface area (Å²) in [7, 11) is -3.66. The fourth-order valence-corrected chi connectivity index (χ4v) is 5.61. The molecule has 8 nitrogen and oxygen atoms in total. The van der Waals surface area contributed by atoms with Gasteiger partial charge in [-0.05, 0) is 43.6 Å². The van der Waals surface area contributed by atoms with E-state index < -0.39 is 15.9 Å². The molecule has 1 amide bonds. The Morgan fingerprint density at radius 2 is 1.61 bits per heavy atom. The zero-order valence-corrected chi connectivity index (χ0v) is 18.7. The third kappa shape index (κ3) is 3.78. The SMILES string of the molecule is NC1=C2C(=O)NC(c3ccc(S(=O)(=O)NCCN4CCCC4)cc3)=C2C(=O)c2ccccc21. The van der Waals surface area contributed by atoms with Crippen molar-refractivity contribution in [1.82, 2.24) is 14.9 Å². The van der Waals surface area contributed by atoms with E-state index in [4.69, 9.17) is 5.73 Å². The molecule has 0 saturated carbocycles. The van der Waals surface area contributed by atoms with Crippen LogP contribution in [0.25, 0.3) is 11.4 Å². The number of carbonyl (C=O) groups is 2. The lowest BCUT2D eigenvalue weighted by Gasteiger charge is -2.18. The first-order chi connectivity index (χ1) is 15.9. The van der Waals surface area contributed by atoms with E-state index in [0.717, 1.165) is 25.9 Å².